The summed E-state index contributed by atoms with van der Waals surface area (Å²) < 4.78 is 4.02. The zero-order valence-corrected chi connectivity index (χ0v) is 9.92. The predicted molar refractivity (Wildman–Crippen MR) is 68.5 cm³/mol. The second-order valence-corrected chi connectivity index (χ2v) is 4.16. The summed E-state index contributed by atoms with van der Waals surface area (Å²) in [4.78, 5) is 15.9. The molecule has 18 heavy (non-hydrogen) atoms. The van der Waals surface area contributed by atoms with Crippen molar-refractivity contribution in [3.63, 3.8) is 0 Å². The minimum atomic E-state index is -0.880. The minimum absolute atomic E-state index is 0.0759. The number of hydroxylamine groups is 2. The number of para-hydroxylation sites is 1. The number of benzene rings is 1. The van der Waals surface area contributed by atoms with Crippen molar-refractivity contribution in [2.45, 2.75) is 6.92 Å². The monoisotopic (exact) mass is 244 g/mol. The Kier molecular flexibility index (Phi) is 2.33. The van der Waals surface area contributed by atoms with Crippen molar-refractivity contribution in [3.05, 3.63) is 40.7 Å². The number of nitrogens with zero attached hydrogens (tertiary/aromatic N) is 2. The number of amidine groups is 1. The number of fused-ring (bicyclic) bond motifs is 3. The topological polar surface area (TPSA) is 61.7 Å². The summed E-state index contributed by atoms with van der Waals surface area (Å²) in [7, 11) is 0. The maximum absolute atomic E-state index is 13.0. The van der Waals surface area contributed by atoms with Crippen LogP contribution in [0.5, 0.6) is 0 Å². The quantitative estimate of drug-likeness (QED) is 0.453. The molecule has 0 spiro atoms. The van der Waals surface area contributed by atoms with E-state index in [1.807, 2.05) is 12.1 Å². The van der Waals surface area contributed by atoms with Gasteiger partial charge in [0.05, 0.1) is 6.61 Å². The van der Waals surface area contributed by atoms with Crippen LogP contribution in [0.4, 0.5) is 5.69 Å². The third-order valence-electron chi connectivity index (χ3n) is 3.15. The van der Waals surface area contributed by atoms with Crippen LogP contribution < -0.4 is 4.65 Å². The Morgan fingerprint density at radius 1 is 1.50 bits per heavy atom. The number of esters is 1. The first-order valence-electron chi connectivity index (χ1n) is 5.81. The first-order chi connectivity index (χ1) is 8.67. The number of aliphatic imine (C=N–C) groups is 1. The smallest absolute Gasteiger partial charge is 0.414 e. The molecular weight excluding hydrogens is 232 g/mol. The van der Waals surface area contributed by atoms with E-state index in [1.165, 1.54) is 0 Å². The normalized spacial score (nSPS) is 24.1. The van der Waals surface area contributed by atoms with Gasteiger partial charge in [0.1, 0.15) is 12.2 Å². The van der Waals surface area contributed by atoms with Crippen LogP contribution in [0.2, 0.25) is 0 Å². The van der Waals surface area contributed by atoms with Crippen LogP contribution in [0, 0.1) is 5.21 Å². The molecule has 0 amide bonds. The van der Waals surface area contributed by atoms with Crippen LogP contribution >= 0.6 is 0 Å². The lowest BCUT2D eigenvalue weighted by Crippen LogP contribution is -2.47. The zero-order chi connectivity index (χ0) is 12.8. The summed E-state index contributed by atoms with van der Waals surface area (Å²) in [5.41, 5.74) is 1.95. The standard InChI is InChI=1S/C13H12N2O3/c1-2-18-13(16)12-14-8-10-7-9-5-3-4-6-11(9)15(10,12)17/h3-7H,2,8H2,1H3. The number of carbonyl (C=O) groups is 1. The number of rotatable bonds is 2. The SMILES string of the molecule is CCOC(=O)C1=NCC2=Cc3ccccc3[N+]21[O-]. The maximum atomic E-state index is 13.0. The maximum Gasteiger partial charge on any atom is 0.414 e. The molecule has 1 aromatic carbocycles. The van der Waals surface area contributed by atoms with Crippen molar-refractivity contribution >= 4 is 23.6 Å². The van der Waals surface area contributed by atoms with E-state index in [-0.39, 0.29) is 19.0 Å². The molecule has 1 aromatic rings. The lowest BCUT2D eigenvalue weighted by molar-refractivity contribution is -0.135. The van der Waals surface area contributed by atoms with E-state index in [0.29, 0.717) is 11.4 Å². The molecule has 0 saturated heterocycles. The van der Waals surface area contributed by atoms with Gasteiger partial charge in [0.2, 0.25) is 0 Å². The molecule has 3 rings (SSSR count). The number of hydrogen-bond acceptors (Lipinski definition) is 4. The van der Waals surface area contributed by atoms with Gasteiger partial charge in [-0.25, -0.2) is 14.4 Å². The molecule has 2 heterocycles. The lowest BCUT2D eigenvalue weighted by Gasteiger charge is -2.34. The fourth-order valence-corrected chi connectivity index (χ4v) is 2.36. The highest BCUT2D eigenvalue weighted by atomic mass is 16.6. The number of quaternary nitrogens is 1. The van der Waals surface area contributed by atoms with Gasteiger partial charge >= 0.3 is 11.8 Å². The molecule has 0 aromatic heterocycles. The first-order valence-corrected chi connectivity index (χ1v) is 5.81. The molecule has 0 bridgehead atoms. The number of ether oxygens (including phenoxy) is 1. The molecule has 0 N–H and O–H groups in total. The Hall–Kier alpha value is -1.98. The van der Waals surface area contributed by atoms with E-state index in [0.717, 1.165) is 5.56 Å². The van der Waals surface area contributed by atoms with Gasteiger partial charge in [-0.1, -0.05) is 12.1 Å². The zero-order valence-electron chi connectivity index (χ0n) is 9.92. The molecule has 1 atom stereocenters. The average molecular weight is 244 g/mol. The summed E-state index contributed by atoms with van der Waals surface area (Å²) in [6.45, 7) is 2.20. The molecule has 0 radical (unpaired) electrons. The van der Waals surface area contributed by atoms with E-state index in [4.69, 9.17) is 4.74 Å². The molecule has 2 aliphatic heterocycles. The van der Waals surface area contributed by atoms with Crippen molar-refractivity contribution in [2.75, 3.05) is 13.2 Å². The molecule has 0 fully saturated rings. The number of hydrogen-bond donors (Lipinski definition) is 0. The average Bonchev–Trinajstić information content (AvgIpc) is 2.82. The van der Waals surface area contributed by atoms with E-state index < -0.39 is 10.6 Å². The Morgan fingerprint density at radius 2 is 2.28 bits per heavy atom. The molecule has 92 valence electrons. The summed E-state index contributed by atoms with van der Waals surface area (Å²) in [5, 5.41) is 13.0. The van der Waals surface area contributed by atoms with Crippen molar-refractivity contribution in [3.8, 4) is 0 Å². The molecule has 0 saturated carbocycles. The van der Waals surface area contributed by atoms with Gasteiger partial charge in [-0.2, -0.15) is 0 Å². The van der Waals surface area contributed by atoms with Gasteiger partial charge < -0.3 is 9.94 Å². The third kappa shape index (κ3) is 1.28. The minimum Gasteiger partial charge on any atom is -0.615 e. The van der Waals surface area contributed by atoms with E-state index in [9.17, 15) is 10.0 Å². The van der Waals surface area contributed by atoms with Crippen molar-refractivity contribution < 1.29 is 9.53 Å². The summed E-state index contributed by atoms with van der Waals surface area (Å²) >= 11 is 0. The molecule has 0 aliphatic carbocycles. The highest BCUT2D eigenvalue weighted by Gasteiger charge is 2.47. The Labute approximate surface area is 104 Å². The van der Waals surface area contributed by atoms with Crippen molar-refractivity contribution in [2.24, 2.45) is 4.99 Å². The van der Waals surface area contributed by atoms with E-state index >= 15 is 0 Å². The second-order valence-electron chi connectivity index (χ2n) is 4.16. The first kappa shape index (κ1) is 11.1. The Bertz CT molecular complexity index is 592. The van der Waals surface area contributed by atoms with Crippen LogP contribution in [-0.4, -0.2) is 25.0 Å². The van der Waals surface area contributed by atoms with Crippen LogP contribution in [0.25, 0.3) is 6.08 Å². The van der Waals surface area contributed by atoms with Gasteiger partial charge in [-0.05, 0) is 13.0 Å². The Morgan fingerprint density at radius 3 is 3.06 bits per heavy atom. The highest BCUT2D eigenvalue weighted by molar-refractivity contribution is 6.41. The van der Waals surface area contributed by atoms with E-state index in [2.05, 4.69) is 4.99 Å². The largest absolute Gasteiger partial charge is 0.615 e. The van der Waals surface area contributed by atoms with Gasteiger partial charge in [-0.15, -0.1) is 0 Å². The Balaban J connectivity index is 2.08. The van der Waals surface area contributed by atoms with Crippen molar-refractivity contribution in [1.82, 2.24) is 4.65 Å². The number of carbonyl (C=O) groups excluding carboxylic acids is 1. The third-order valence-corrected chi connectivity index (χ3v) is 3.15. The van der Waals surface area contributed by atoms with Crippen molar-refractivity contribution in [1.29, 1.82) is 0 Å². The summed E-state index contributed by atoms with van der Waals surface area (Å²) in [5.74, 6) is -0.708. The highest BCUT2D eigenvalue weighted by Crippen LogP contribution is 2.42. The van der Waals surface area contributed by atoms with Gasteiger partial charge in [0.15, 0.2) is 5.69 Å². The van der Waals surface area contributed by atoms with Crippen LogP contribution in [0.1, 0.15) is 12.5 Å². The second kappa shape index (κ2) is 3.76. The van der Waals surface area contributed by atoms with Crippen LogP contribution in [0.15, 0.2) is 35.0 Å². The van der Waals surface area contributed by atoms with E-state index in [1.54, 1.807) is 25.1 Å². The summed E-state index contributed by atoms with van der Waals surface area (Å²) in [6.07, 6.45) is 1.80. The fraction of sp³-hybridized carbons (Fsp3) is 0.231. The van der Waals surface area contributed by atoms with Crippen LogP contribution in [-0.2, 0) is 9.53 Å². The molecule has 1 unspecified atom stereocenters. The van der Waals surface area contributed by atoms with Gasteiger partial charge in [0, 0.05) is 17.7 Å². The van der Waals surface area contributed by atoms with Gasteiger partial charge in [0.25, 0.3) is 0 Å². The summed E-state index contributed by atoms with van der Waals surface area (Å²) in [6, 6.07) is 7.24. The molecule has 2 aliphatic rings. The molecular formula is C13H12N2O3. The lowest BCUT2D eigenvalue weighted by atomic mass is 10.2. The van der Waals surface area contributed by atoms with Crippen LogP contribution in [0.3, 0.4) is 0 Å². The van der Waals surface area contributed by atoms with Gasteiger partial charge in [-0.3, -0.25) is 0 Å². The predicted octanol–water partition coefficient (Wildman–Crippen LogP) is 1.82. The molecule has 5 nitrogen and oxygen atoms in total. The molecule has 5 heteroatoms. The fourth-order valence-electron chi connectivity index (χ4n) is 2.36.